The summed E-state index contributed by atoms with van der Waals surface area (Å²) in [6, 6.07) is 11.2. The zero-order valence-corrected chi connectivity index (χ0v) is 19.5. The van der Waals surface area contributed by atoms with E-state index in [1.165, 1.54) is 12.4 Å². The van der Waals surface area contributed by atoms with Crippen molar-refractivity contribution in [2.45, 2.75) is 19.4 Å². The number of anilines is 1. The largest absolute Gasteiger partial charge is 0.381 e. The van der Waals surface area contributed by atoms with Gasteiger partial charge < -0.3 is 14.9 Å². The van der Waals surface area contributed by atoms with Gasteiger partial charge >= 0.3 is 5.97 Å². The average molecular weight is 488 g/mol. The first-order valence-electron chi connectivity index (χ1n) is 11.7. The number of hydrogen-bond acceptors (Lipinski definition) is 9. The maximum Gasteiger partial charge on any atom is 0.379 e. The molecule has 36 heavy (non-hydrogen) atoms. The van der Waals surface area contributed by atoms with Gasteiger partial charge in [-0.15, -0.1) is 5.10 Å². The van der Waals surface area contributed by atoms with Crippen molar-refractivity contribution >= 4 is 28.5 Å². The van der Waals surface area contributed by atoms with Crippen LogP contribution in [0.15, 0.2) is 61.2 Å². The molecule has 184 valence electrons. The van der Waals surface area contributed by atoms with Gasteiger partial charge in [0.15, 0.2) is 11.5 Å². The number of rotatable bonds is 8. The van der Waals surface area contributed by atoms with Crippen LogP contribution < -0.4 is 10.8 Å². The van der Waals surface area contributed by atoms with E-state index < -0.39 is 11.9 Å². The smallest absolute Gasteiger partial charge is 0.379 e. The van der Waals surface area contributed by atoms with E-state index in [-0.39, 0.29) is 11.5 Å². The Morgan fingerprint density at radius 2 is 1.83 bits per heavy atom. The first kappa shape index (κ1) is 23.5. The number of fused-ring (bicyclic) bond motifs is 1. The Morgan fingerprint density at radius 3 is 2.64 bits per heavy atom. The molecule has 11 nitrogen and oxygen atoms in total. The Balaban J connectivity index is 1.31. The fourth-order valence-electron chi connectivity index (χ4n) is 4.17. The fourth-order valence-corrected chi connectivity index (χ4v) is 4.17. The first-order chi connectivity index (χ1) is 17.7. The van der Waals surface area contributed by atoms with Crippen molar-refractivity contribution < 1.29 is 19.2 Å². The van der Waals surface area contributed by atoms with Crippen LogP contribution >= 0.6 is 0 Å². The van der Waals surface area contributed by atoms with Gasteiger partial charge in [0.1, 0.15) is 0 Å². The zero-order valence-electron chi connectivity index (χ0n) is 19.5. The number of aromatic nitrogens is 5. The quantitative estimate of drug-likeness (QED) is 0.360. The highest BCUT2D eigenvalue weighted by atomic mass is 16.7. The minimum atomic E-state index is -0.724. The van der Waals surface area contributed by atoms with E-state index >= 15 is 0 Å². The molecule has 0 aliphatic carbocycles. The van der Waals surface area contributed by atoms with Crippen LogP contribution in [0.3, 0.4) is 0 Å². The average Bonchev–Trinajstić information content (AvgIpc) is 3.43. The van der Waals surface area contributed by atoms with E-state index in [1.54, 1.807) is 23.1 Å². The molecule has 0 spiro atoms. The number of nitrogens with one attached hydrogen (secondary N) is 2. The molecule has 3 heterocycles. The molecule has 0 unspecified atom stereocenters. The molecule has 2 aromatic heterocycles. The number of hydrogen-bond donors (Lipinski definition) is 2. The molecule has 1 amide bonds. The Bertz CT molecular complexity index is 1350. The third-order valence-electron chi connectivity index (χ3n) is 6.06. The molecule has 0 atom stereocenters. The van der Waals surface area contributed by atoms with E-state index in [2.05, 4.69) is 31.1 Å². The molecule has 4 aromatic rings. The van der Waals surface area contributed by atoms with Crippen LogP contribution in [0.25, 0.3) is 10.8 Å². The summed E-state index contributed by atoms with van der Waals surface area (Å²) in [4.78, 5) is 39.4. The third-order valence-corrected chi connectivity index (χ3v) is 6.06. The van der Waals surface area contributed by atoms with Crippen molar-refractivity contribution in [1.82, 2.24) is 30.4 Å². The molecule has 5 rings (SSSR count). The fraction of sp³-hybridized carbons (Fsp3) is 0.280. The zero-order chi connectivity index (χ0) is 24.7. The predicted octanol–water partition coefficient (Wildman–Crippen LogP) is 2.61. The Hall–Kier alpha value is -4.22. The number of nitrogens with zero attached hydrogens (tertiary/aromatic N) is 5. The SMILES string of the molecule is O=C(ONCC1CCOCC1)c1nccnc1NC(=O)c1ccc(Cn2ccnn2)c2ccccc12. The lowest BCUT2D eigenvalue weighted by molar-refractivity contribution is 0.0117. The standard InChI is InChI=1S/C25H25N7O4/c33-24(21-6-5-18(16-32-12-11-28-31-32)19-3-1-2-4-20(19)21)30-23-22(26-9-10-27-23)25(34)36-29-15-17-7-13-35-14-8-17/h1-6,9-12,17,29H,7-8,13-16H2,(H,27,30,33). The van der Waals surface area contributed by atoms with Crippen molar-refractivity contribution in [1.29, 1.82) is 0 Å². The highest BCUT2D eigenvalue weighted by Crippen LogP contribution is 2.25. The van der Waals surface area contributed by atoms with Gasteiger partial charge in [0.05, 0.1) is 12.7 Å². The molecule has 2 aromatic carbocycles. The Kier molecular flexibility index (Phi) is 7.20. The lowest BCUT2D eigenvalue weighted by Crippen LogP contribution is -2.30. The van der Waals surface area contributed by atoms with Crippen LogP contribution in [0.5, 0.6) is 0 Å². The van der Waals surface area contributed by atoms with Crippen LogP contribution in [-0.2, 0) is 16.1 Å². The number of benzene rings is 2. The predicted molar refractivity (Wildman–Crippen MR) is 130 cm³/mol. The molecule has 1 saturated heterocycles. The Labute approximate surface area is 206 Å². The van der Waals surface area contributed by atoms with Crippen molar-refractivity contribution in [3.8, 4) is 0 Å². The van der Waals surface area contributed by atoms with E-state index in [4.69, 9.17) is 9.57 Å². The van der Waals surface area contributed by atoms with Gasteiger partial charge in [-0.1, -0.05) is 35.5 Å². The summed E-state index contributed by atoms with van der Waals surface area (Å²) in [5.41, 5.74) is 4.06. The van der Waals surface area contributed by atoms with Gasteiger partial charge in [0, 0.05) is 43.9 Å². The van der Waals surface area contributed by atoms with Crippen molar-refractivity contribution in [2.24, 2.45) is 5.92 Å². The molecular formula is C25H25N7O4. The molecule has 0 saturated carbocycles. The number of hydroxylamine groups is 1. The molecule has 1 fully saturated rings. The molecule has 0 bridgehead atoms. The van der Waals surface area contributed by atoms with Crippen LogP contribution in [-0.4, -0.2) is 56.6 Å². The number of amides is 1. The van der Waals surface area contributed by atoms with Gasteiger partial charge in [-0.2, -0.15) is 5.48 Å². The molecule has 2 N–H and O–H groups in total. The highest BCUT2D eigenvalue weighted by Gasteiger charge is 2.21. The van der Waals surface area contributed by atoms with Crippen LogP contribution in [0.1, 0.15) is 39.3 Å². The van der Waals surface area contributed by atoms with Crippen molar-refractivity contribution in [2.75, 3.05) is 25.1 Å². The summed E-state index contributed by atoms with van der Waals surface area (Å²) in [5.74, 6) is -0.744. The Morgan fingerprint density at radius 1 is 1.03 bits per heavy atom. The lowest BCUT2D eigenvalue weighted by Gasteiger charge is -2.21. The molecule has 11 heteroatoms. The molecular weight excluding hydrogens is 462 g/mol. The van der Waals surface area contributed by atoms with Crippen LogP contribution in [0.4, 0.5) is 5.82 Å². The number of ether oxygens (including phenoxy) is 1. The van der Waals surface area contributed by atoms with Gasteiger partial charge in [0.2, 0.25) is 0 Å². The van der Waals surface area contributed by atoms with E-state index in [0.29, 0.717) is 37.8 Å². The highest BCUT2D eigenvalue weighted by molar-refractivity contribution is 6.14. The summed E-state index contributed by atoms with van der Waals surface area (Å²) in [7, 11) is 0. The second kappa shape index (κ2) is 11.0. The van der Waals surface area contributed by atoms with Crippen LogP contribution in [0, 0.1) is 5.92 Å². The molecule has 1 aliphatic rings. The normalized spacial score (nSPS) is 14.0. The van der Waals surface area contributed by atoms with Gasteiger partial charge in [0.25, 0.3) is 5.91 Å². The number of carbonyl (C=O) groups excluding carboxylic acids is 2. The topological polar surface area (TPSA) is 133 Å². The van der Waals surface area contributed by atoms with Crippen LogP contribution in [0.2, 0.25) is 0 Å². The monoisotopic (exact) mass is 487 g/mol. The van der Waals surface area contributed by atoms with Gasteiger partial charge in [-0.05, 0) is 41.2 Å². The first-order valence-corrected chi connectivity index (χ1v) is 11.7. The summed E-state index contributed by atoms with van der Waals surface area (Å²) < 4.78 is 7.06. The van der Waals surface area contributed by atoms with Gasteiger partial charge in [-0.3, -0.25) is 4.79 Å². The summed E-state index contributed by atoms with van der Waals surface area (Å²) in [6.45, 7) is 2.45. The number of carbonyl (C=O) groups is 2. The maximum absolute atomic E-state index is 13.3. The summed E-state index contributed by atoms with van der Waals surface area (Å²) in [5, 5.41) is 12.3. The van der Waals surface area contributed by atoms with Gasteiger partial charge in [-0.25, -0.2) is 19.4 Å². The lowest BCUT2D eigenvalue weighted by atomic mass is 9.99. The van der Waals surface area contributed by atoms with Crippen molar-refractivity contribution in [3.63, 3.8) is 0 Å². The molecule has 0 radical (unpaired) electrons. The minimum absolute atomic E-state index is 0.0242. The maximum atomic E-state index is 13.3. The second-order valence-corrected chi connectivity index (χ2v) is 8.42. The van der Waals surface area contributed by atoms with E-state index in [9.17, 15) is 9.59 Å². The van der Waals surface area contributed by atoms with E-state index in [1.807, 2.05) is 30.3 Å². The summed E-state index contributed by atoms with van der Waals surface area (Å²) in [6.07, 6.45) is 7.99. The van der Waals surface area contributed by atoms with Crippen molar-refractivity contribution in [3.05, 3.63) is 78.0 Å². The van der Waals surface area contributed by atoms with E-state index in [0.717, 1.165) is 29.2 Å². The third kappa shape index (κ3) is 5.37. The minimum Gasteiger partial charge on any atom is -0.381 e. The molecule has 1 aliphatic heterocycles. The second-order valence-electron chi connectivity index (χ2n) is 8.42. The summed E-state index contributed by atoms with van der Waals surface area (Å²) >= 11 is 0.